The number of nitrogens with one attached hydrogen (secondary N) is 2. The van der Waals surface area contributed by atoms with Gasteiger partial charge in [0.15, 0.2) is 0 Å². The fourth-order valence-corrected chi connectivity index (χ4v) is 1.78. The molecule has 0 bridgehead atoms. The number of nitrogens with zero attached hydrogens (tertiary/aromatic N) is 1. The highest BCUT2D eigenvalue weighted by molar-refractivity contribution is 6.09. The van der Waals surface area contributed by atoms with Crippen molar-refractivity contribution in [2.24, 2.45) is 0 Å². The van der Waals surface area contributed by atoms with Gasteiger partial charge in [0.05, 0.1) is 11.3 Å². The number of aryl methyl sites for hydroxylation is 1. The van der Waals surface area contributed by atoms with Crippen LogP contribution in [0.4, 0.5) is 11.5 Å². The summed E-state index contributed by atoms with van der Waals surface area (Å²) >= 11 is 0. The summed E-state index contributed by atoms with van der Waals surface area (Å²) in [6, 6.07) is 12.2. The van der Waals surface area contributed by atoms with Gasteiger partial charge in [0.2, 0.25) is 5.91 Å². The van der Waals surface area contributed by atoms with Crippen LogP contribution < -0.4 is 10.6 Å². The Hall–Kier alpha value is -2.69. The summed E-state index contributed by atoms with van der Waals surface area (Å²) in [5.74, 6) is -0.0565. The summed E-state index contributed by atoms with van der Waals surface area (Å²) in [5.41, 5.74) is 1.69. The molecule has 2 aromatic rings. The van der Waals surface area contributed by atoms with Crippen LogP contribution in [0.2, 0.25) is 0 Å². The number of carbonyl (C=O) groups is 2. The quantitative estimate of drug-likeness (QED) is 0.899. The number of benzene rings is 1. The summed E-state index contributed by atoms with van der Waals surface area (Å²) in [7, 11) is 0. The molecule has 20 heavy (non-hydrogen) atoms. The largest absolute Gasteiger partial charge is 0.326 e. The van der Waals surface area contributed by atoms with Gasteiger partial charge in [0, 0.05) is 12.6 Å². The summed E-state index contributed by atoms with van der Waals surface area (Å²) < 4.78 is 0. The second kappa shape index (κ2) is 5.97. The number of amides is 2. The van der Waals surface area contributed by atoms with E-state index in [4.69, 9.17) is 0 Å². The van der Waals surface area contributed by atoms with Crippen molar-refractivity contribution in [3.8, 4) is 0 Å². The van der Waals surface area contributed by atoms with Crippen LogP contribution in [0.1, 0.15) is 23.0 Å². The monoisotopic (exact) mass is 269 g/mol. The number of pyridine rings is 1. The van der Waals surface area contributed by atoms with Crippen molar-refractivity contribution in [3.05, 3.63) is 53.7 Å². The average molecular weight is 269 g/mol. The minimum atomic E-state index is -0.313. The maximum atomic E-state index is 12.2. The molecule has 0 saturated heterocycles. The van der Waals surface area contributed by atoms with Crippen molar-refractivity contribution in [2.45, 2.75) is 13.8 Å². The van der Waals surface area contributed by atoms with Crippen LogP contribution in [0.3, 0.4) is 0 Å². The molecule has 0 aliphatic rings. The molecule has 0 fully saturated rings. The van der Waals surface area contributed by atoms with Gasteiger partial charge in [-0.2, -0.15) is 0 Å². The van der Waals surface area contributed by atoms with Crippen molar-refractivity contribution >= 4 is 23.3 Å². The van der Waals surface area contributed by atoms with Gasteiger partial charge in [0.1, 0.15) is 5.82 Å². The first-order valence-electron chi connectivity index (χ1n) is 6.18. The van der Waals surface area contributed by atoms with E-state index >= 15 is 0 Å². The zero-order valence-corrected chi connectivity index (χ0v) is 11.3. The van der Waals surface area contributed by atoms with E-state index in [9.17, 15) is 9.59 Å². The summed E-state index contributed by atoms with van der Waals surface area (Å²) in [6.07, 6.45) is 0. The number of rotatable bonds is 3. The lowest BCUT2D eigenvalue weighted by molar-refractivity contribution is -0.114. The van der Waals surface area contributed by atoms with Crippen molar-refractivity contribution in [2.75, 3.05) is 10.6 Å². The molecular formula is C15H15N3O2. The Morgan fingerprint density at radius 1 is 1.00 bits per heavy atom. The van der Waals surface area contributed by atoms with Gasteiger partial charge in [0.25, 0.3) is 5.91 Å². The van der Waals surface area contributed by atoms with Crippen LogP contribution in [0, 0.1) is 6.92 Å². The second-order valence-electron chi connectivity index (χ2n) is 4.35. The highest BCUT2D eigenvalue weighted by atomic mass is 16.2. The number of hydrogen-bond donors (Lipinski definition) is 2. The lowest BCUT2D eigenvalue weighted by Gasteiger charge is -2.10. The van der Waals surface area contributed by atoms with Crippen molar-refractivity contribution in [1.82, 2.24) is 4.98 Å². The summed E-state index contributed by atoms with van der Waals surface area (Å²) in [6.45, 7) is 3.25. The number of aromatic nitrogens is 1. The minimum Gasteiger partial charge on any atom is -0.326 e. The molecule has 102 valence electrons. The number of hydrogen-bond acceptors (Lipinski definition) is 3. The third-order valence-electron chi connectivity index (χ3n) is 2.61. The van der Waals surface area contributed by atoms with Gasteiger partial charge in [-0.15, -0.1) is 0 Å². The van der Waals surface area contributed by atoms with Gasteiger partial charge >= 0.3 is 0 Å². The first-order chi connectivity index (χ1) is 9.56. The summed E-state index contributed by atoms with van der Waals surface area (Å²) in [4.78, 5) is 27.6. The van der Waals surface area contributed by atoms with Crippen LogP contribution in [0.5, 0.6) is 0 Å². The predicted octanol–water partition coefficient (Wildman–Crippen LogP) is 2.60. The van der Waals surface area contributed by atoms with Crippen molar-refractivity contribution < 1.29 is 9.59 Å². The standard InChI is InChI=1S/C15H15N3O2/c1-10-6-5-9-14(16-10)18-15(20)12-7-3-4-8-13(12)17-11(2)19/h3-9H,1-2H3,(H,17,19)(H,16,18,20). The van der Waals surface area contributed by atoms with E-state index in [2.05, 4.69) is 15.6 Å². The zero-order valence-electron chi connectivity index (χ0n) is 11.3. The highest BCUT2D eigenvalue weighted by Gasteiger charge is 2.12. The van der Waals surface area contributed by atoms with Crippen LogP contribution >= 0.6 is 0 Å². The molecule has 0 atom stereocenters. The Morgan fingerprint density at radius 2 is 1.75 bits per heavy atom. The topological polar surface area (TPSA) is 71.1 Å². The predicted molar refractivity (Wildman–Crippen MR) is 77.7 cm³/mol. The molecule has 0 aliphatic carbocycles. The minimum absolute atomic E-state index is 0.223. The van der Waals surface area contributed by atoms with E-state index in [0.717, 1.165) is 5.69 Å². The summed E-state index contributed by atoms with van der Waals surface area (Å²) in [5, 5.41) is 5.34. The number of anilines is 2. The van der Waals surface area contributed by atoms with Crippen molar-refractivity contribution in [1.29, 1.82) is 0 Å². The Labute approximate surface area is 117 Å². The molecule has 0 spiro atoms. The maximum absolute atomic E-state index is 12.2. The van der Waals surface area contributed by atoms with Crippen LogP contribution in [0.15, 0.2) is 42.5 Å². The Kier molecular flexibility index (Phi) is 4.10. The molecule has 1 aromatic carbocycles. The van der Waals surface area contributed by atoms with Gasteiger partial charge in [-0.25, -0.2) is 4.98 Å². The van der Waals surface area contributed by atoms with Gasteiger partial charge < -0.3 is 10.6 Å². The number of carbonyl (C=O) groups excluding carboxylic acids is 2. The average Bonchev–Trinajstić information content (AvgIpc) is 2.38. The third kappa shape index (κ3) is 3.41. The Morgan fingerprint density at radius 3 is 2.45 bits per heavy atom. The first-order valence-corrected chi connectivity index (χ1v) is 6.18. The smallest absolute Gasteiger partial charge is 0.258 e. The molecule has 2 rings (SSSR count). The first kappa shape index (κ1) is 13.7. The normalized spacial score (nSPS) is 9.90. The van der Waals surface area contributed by atoms with Crippen LogP contribution in [-0.2, 0) is 4.79 Å². The molecule has 5 nitrogen and oxygen atoms in total. The molecule has 1 heterocycles. The molecule has 1 aromatic heterocycles. The van der Waals surface area contributed by atoms with E-state index in [1.165, 1.54) is 6.92 Å². The van der Waals surface area contributed by atoms with E-state index in [-0.39, 0.29) is 11.8 Å². The zero-order chi connectivity index (χ0) is 14.5. The molecule has 5 heteroatoms. The number of para-hydroxylation sites is 1. The van der Waals surface area contributed by atoms with Gasteiger partial charge in [-0.05, 0) is 31.2 Å². The Bertz CT molecular complexity index is 653. The molecule has 0 radical (unpaired) electrons. The molecule has 0 unspecified atom stereocenters. The fraction of sp³-hybridized carbons (Fsp3) is 0.133. The highest BCUT2D eigenvalue weighted by Crippen LogP contribution is 2.16. The molecule has 2 amide bonds. The molecule has 0 aliphatic heterocycles. The van der Waals surface area contributed by atoms with E-state index in [1.807, 2.05) is 19.1 Å². The Balaban J connectivity index is 2.23. The van der Waals surface area contributed by atoms with E-state index in [0.29, 0.717) is 17.1 Å². The molecular weight excluding hydrogens is 254 g/mol. The maximum Gasteiger partial charge on any atom is 0.258 e. The molecule has 2 N–H and O–H groups in total. The fourth-order valence-electron chi connectivity index (χ4n) is 1.78. The van der Waals surface area contributed by atoms with Gasteiger partial charge in [-0.1, -0.05) is 18.2 Å². The lowest BCUT2D eigenvalue weighted by Crippen LogP contribution is -2.17. The van der Waals surface area contributed by atoms with E-state index in [1.54, 1.807) is 30.3 Å². The van der Waals surface area contributed by atoms with Gasteiger partial charge in [-0.3, -0.25) is 9.59 Å². The lowest BCUT2D eigenvalue weighted by atomic mass is 10.1. The molecule has 0 saturated carbocycles. The SMILES string of the molecule is CC(=O)Nc1ccccc1C(=O)Nc1cccc(C)n1. The van der Waals surface area contributed by atoms with E-state index < -0.39 is 0 Å². The third-order valence-corrected chi connectivity index (χ3v) is 2.61. The van der Waals surface area contributed by atoms with Crippen molar-refractivity contribution in [3.63, 3.8) is 0 Å². The second-order valence-corrected chi connectivity index (χ2v) is 4.35. The van der Waals surface area contributed by atoms with Crippen LogP contribution in [0.25, 0.3) is 0 Å². The van der Waals surface area contributed by atoms with Crippen LogP contribution in [-0.4, -0.2) is 16.8 Å².